The number of nitrogens with two attached hydrogens (primary N) is 1. The molecule has 0 amide bonds. The summed E-state index contributed by atoms with van der Waals surface area (Å²) in [5, 5.41) is 9.41. The first kappa shape index (κ1) is 9.39. The lowest BCUT2D eigenvalue weighted by atomic mass is 10.1. The van der Waals surface area contributed by atoms with Crippen LogP contribution in [0.2, 0.25) is 0 Å². The molecule has 2 aromatic rings. The van der Waals surface area contributed by atoms with Gasteiger partial charge in [-0.15, -0.1) is 0 Å². The Kier molecular flexibility index (Phi) is 2.21. The van der Waals surface area contributed by atoms with Gasteiger partial charge in [-0.1, -0.05) is 0 Å². The molecule has 0 fully saturated rings. The summed E-state index contributed by atoms with van der Waals surface area (Å²) < 4.78 is 5.00. The highest BCUT2D eigenvalue weighted by atomic mass is 16.5. The number of nitrogens with one attached hydrogen (secondary N) is 1. The van der Waals surface area contributed by atoms with E-state index in [0.29, 0.717) is 11.7 Å². The van der Waals surface area contributed by atoms with Crippen LogP contribution in [-0.2, 0) is 0 Å². The van der Waals surface area contributed by atoms with Crippen molar-refractivity contribution in [2.75, 3.05) is 12.8 Å². The Bertz CT molecular complexity index is 479. The lowest BCUT2D eigenvalue weighted by Crippen LogP contribution is -1.87. The number of methoxy groups -OCH3 is 1. The van der Waals surface area contributed by atoms with Gasteiger partial charge in [0.1, 0.15) is 0 Å². The van der Waals surface area contributed by atoms with Crippen LogP contribution in [0.4, 0.5) is 5.95 Å². The molecule has 0 aliphatic rings. The number of nitrogen functional groups attached to an aromatic ring is 1. The van der Waals surface area contributed by atoms with E-state index < -0.39 is 0 Å². The minimum absolute atomic E-state index is 0.105. The van der Waals surface area contributed by atoms with E-state index in [1.165, 1.54) is 7.11 Å². The summed E-state index contributed by atoms with van der Waals surface area (Å²) >= 11 is 0. The molecule has 1 aromatic carbocycles. The number of hydrogen-bond donors (Lipinski definition) is 3. The molecule has 78 valence electrons. The van der Waals surface area contributed by atoms with Crippen LogP contribution in [0.3, 0.4) is 0 Å². The summed E-state index contributed by atoms with van der Waals surface area (Å²) in [6, 6.07) is 5.03. The first-order valence-electron chi connectivity index (χ1n) is 4.38. The van der Waals surface area contributed by atoms with Crippen LogP contribution in [0.5, 0.6) is 11.5 Å². The van der Waals surface area contributed by atoms with Crippen molar-refractivity contribution in [2.45, 2.75) is 0 Å². The van der Waals surface area contributed by atoms with Gasteiger partial charge in [0.2, 0.25) is 0 Å². The number of anilines is 1. The number of benzene rings is 1. The second kappa shape index (κ2) is 3.53. The number of aromatic amines is 1. The van der Waals surface area contributed by atoms with Crippen LogP contribution < -0.4 is 10.5 Å². The molecular formula is C10H11N3O2. The standard InChI is InChI=1S/C10H11N3O2/c1-15-9-4-6(2-3-8(9)14)7-5-12-10(11)13-7/h2-5,14H,1H3,(H3,11,12,13). The third-order valence-corrected chi connectivity index (χ3v) is 2.09. The maximum absolute atomic E-state index is 9.41. The van der Waals surface area contributed by atoms with E-state index in [1.54, 1.807) is 24.4 Å². The molecule has 0 unspecified atom stereocenters. The van der Waals surface area contributed by atoms with Gasteiger partial charge in [0.15, 0.2) is 17.4 Å². The highest BCUT2D eigenvalue weighted by Gasteiger charge is 2.06. The molecule has 0 aliphatic carbocycles. The number of hydrogen-bond acceptors (Lipinski definition) is 4. The third kappa shape index (κ3) is 1.71. The number of phenols is 1. The summed E-state index contributed by atoms with van der Waals surface area (Å²) in [5.41, 5.74) is 7.11. The Morgan fingerprint density at radius 2 is 2.27 bits per heavy atom. The van der Waals surface area contributed by atoms with Gasteiger partial charge in [-0.25, -0.2) is 4.98 Å². The Morgan fingerprint density at radius 3 is 2.87 bits per heavy atom. The lowest BCUT2D eigenvalue weighted by molar-refractivity contribution is 0.373. The quantitative estimate of drug-likeness (QED) is 0.691. The van der Waals surface area contributed by atoms with Crippen molar-refractivity contribution >= 4 is 5.95 Å². The van der Waals surface area contributed by atoms with E-state index in [1.807, 2.05) is 0 Å². The fraction of sp³-hybridized carbons (Fsp3) is 0.100. The van der Waals surface area contributed by atoms with Gasteiger partial charge >= 0.3 is 0 Å². The van der Waals surface area contributed by atoms with Crippen LogP contribution in [0.25, 0.3) is 11.3 Å². The zero-order valence-electron chi connectivity index (χ0n) is 8.19. The number of rotatable bonds is 2. The zero-order valence-corrected chi connectivity index (χ0v) is 8.19. The second-order valence-corrected chi connectivity index (χ2v) is 3.07. The Balaban J connectivity index is 2.45. The third-order valence-electron chi connectivity index (χ3n) is 2.09. The van der Waals surface area contributed by atoms with Gasteiger partial charge in [-0.2, -0.15) is 0 Å². The second-order valence-electron chi connectivity index (χ2n) is 3.07. The molecule has 5 nitrogen and oxygen atoms in total. The number of aromatic nitrogens is 2. The molecule has 0 saturated heterocycles. The van der Waals surface area contributed by atoms with Gasteiger partial charge in [-0.05, 0) is 18.2 Å². The molecule has 15 heavy (non-hydrogen) atoms. The first-order valence-corrected chi connectivity index (χ1v) is 4.38. The Labute approximate surface area is 86.5 Å². The van der Waals surface area contributed by atoms with Crippen LogP contribution in [0, 0.1) is 0 Å². The number of aromatic hydroxyl groups is 1. The average Bonchev–Trinajstić information content (AvgIpc) is 2.66. The molecule has 0 bridgehead atoms. The monoisotopic (exact) mass is 205 g/mol. The predicted octanol–water partition coefficient (Wildman–Crippen LogP) is 1.37. The van der Waals surface area contributed by atoms with Crippen molar-refractivity contribution in [2.24, 2.45) is 0 Å². The fourth-order valence-corrected chi connectivity index (χ4v) is 1.33. The molecule has 4 N–H and O–H groups in total. The number of H-pyrrole nitrogens is 1. The minimum atomic E-state index is 0.105. The number of imidazole rings is 1. The van der Waals surface area contributed by atoms with Gasteiger partial charge in [0.05, 0.1) is 19.0 Å². The van der Waals surface area contributed by atoms with E-state index in [2.05, 4.69) is 9.97 Å². The first-order chi connectivity index (χ1) is 7.20. The van der Waals surface area contributed by atoms with Gasteiger partial charge in [-0.3, -0.25) is 0 Å². The van der Waals surface area contributed by atoms with E-state index in [0.717, 1.165) is 11.3 Å². The van der Waals surface area contributed by atoms with E-state index in [4.69, 9.17) is 10.5 Å². The van der Waals surface area contributed by atoms with Crippen molar-refractivity contribution in [1.82, 2.24) is 9.97 Å². The van der Waals surface area contributed by atoms with Crippen molar-refractivity contribution in [3.8, 4) is 22.8 Å². The van der Waals surface area contributed by atoms with Gasteiger partial charge in [0.25, 0.3) is 0 Å². The summed E-state index contributed by atoms with van der Waals surface area (Å²) in [4.78, 5) is 6.78. The molecule has 0 atom stereocenters. The number of phenolic OH excluding ortho intramolecular Hbond substituents is 1. The predicted molar refractivity (Wildman–Crippen MR) is 56.7 cm³/mol. The van der Waals surface area contributed by atoms with Crippen molar-refractivity contribution < 1.29 is 9.84 Å². The van der Waals surface area contributed by atoms with Crippen molar-refractivity contribution in [3.05, 3.63) is 24.4 Å². The lowest BCUT2D eigenvalue weighted by Gasteiger charge is -2.04. The SMILES string of the molecule is COc1cc(-c2cnc(N)[nH]2)ccc1O. The Morgan fingerprint density at radius 1 is 1.47 bits per heavy atom. The van der Waals surface area contributed by atoms with Crippen LogP contribution in [-0.4, -0.2) is 22.2 Å². The summed E-state index contributed by atoms with van der Waals surface area (Å²) in [6.07, 6.45) is 1.63. The number of nitrogens with zero attached hydrogens (tertiary/aromatic N) is 1. The van der Waals surface area contributed by atoms with Crippen molar-refractivity contribution in [1.29, 1.82) is 0 Å². The molecule has 5 heteroatoms. The topological polar surface area (TPSA) is 84.2 Å². The molecule has 0 spiro atoms. The van der Waals surface area contributed by atoms with Crippen LogP contribution in [0.15, 0.2) is 24.4 Å². The highest BCUT2D eigenvalue weighted by molar-refractivity contribution is 5.64. The maximum Gasteiger partial charge on any atom is 0.197 e. The molecule has 0 radical (unpaired) electrons. The summed E-state index contributed by atoms with van der Waals surface area (Å²) in [7, 11) is 1.50. The van der Waals surface area contributed by atoms with Crippen LogP contribution >= 0.6 is 0 Å². The highest BCUT2D eigenvalue weighted by Crippen LogP contribution is 2.30. The minimum Gasteiger partial charge on any atom is -0.504 e. The summed E-state index contributed by atoms with van der Waals surface area (Å²) in [5.74, 6) is 0.881. The van der Waals surface area contributed by atoms with Crippen molar-refractivity contribution in [3.63, 3.8) is 0 Å². The molecule has 2 rings (SSSR count). The average molecular weight is 205 g/mol. The van der Waals surface area contributed by atoms with E-state index in [-0.39, 0.29) is 5.75 Å². The molecular weight excluding hydrogens is 194 g/mol. The van der Waals surface area contributed by atoms with Gasteiger partial charge < -0.3 is 20.6 Å². The van der Waals surface area contributed by atoms with Gasteiger partial charge in [0, 0.05) is 5.56 Å². The largest absolute Gasteiger partial charge is 0.504 e. The summed E-state index contributed by atoms with van der Waals surface area (Å²) in [6.45, 7) is 0. The molecule has 1 heterocycles. The zero-order chi connectivity index (χ0) is 10.8. The van der Waals surface area contributed by atoms with E-state index in [9.17, 15) is 5.11 Å². The molecule has 0 aliphatic heterocycles. The Hall–Kier alpha value is -2.17. The molecule has 1 aromatic heterocycles. The fourth-order valence-electron chi connectivity index (χ4n) is 1.33. The van der Waals surface area contributed by atoms with Crippen LogP contribution in [0.1, 0.15) is 0 Å². The normalized spacial score (nSPS) is 10.2. The smallest absolute Gasteiger partial charge is 0.197 e. The number of ether oxygens (including phenoxy) is 1. The molecule has 0 saturated carbocycles. The maximum atomic E-state index is 9.41. The van der Waals surface area contributed by atoms with E-state index >= 15 is 0 Å².